The lowest BCUT2D eigenvalue weighted by Crippen LogP contribution is -2.33. The van der Waals surface area contributed by atoms with E-state index >= 15 is 0 Å². The van der Waals surface area contributed by atoms with Gasteiger partial charge in [0.25, 0.3) is 5.91 Å². The van der Waals surface area contributed by atoms with Gasteiger partial charge in [-0.05, 0) is 12.8 Å². The molecule has 0 aliphatic carbocycles. The summed E-state index contributed by atoms with van der Waals surface area (Å²) < 4.78 is 5.01. The van der Waals surface area contributed by atoms with Crippen molar-refractivity contribution >= 4 is 18.1 Å². The third kappa shape index (κ3) is 1.65. The third-order valence-corrected chi connectivity index (χ3v) is 2.32. The van der Waals surface area contributed by atoms with Gasteiger partial charge in [-0.15, -0.1) is 0 Å². The predicted molar refractivity (Wildman–Crippen MR) is 55.8 cm³/mol. The van der Waals surface area contributed by atoms with E-state index in [1.54, 1.807) is 6.07 Å². The molecule has 0 aromatic carbocycles. The molecule has 0 bridgehead atoms. The normalized spacial score (nSPS) is 20.7. The molecule has 1 amide bonds. The van der Waals surface area contributed by atoms with E-state index in [4.69, 9.17) is 4.52 Å². The largest absolute Gasteiger partial charge is 0.338 e. The van der Waals surface area contributed by atoms with Gasteiger partial charge >= 0.3 is 0 Å². The molecule has 0 radical (unpaired) electrons. The van der Waals surface area contributed by atoms with E-state index < -0.39 is 0 Å². The molecule has 5 heteroatoms. The quantitative estimate of drug-likeness (QED) is 0.736. The Morgan fingerprint density at radius 2 is 2.27 bits per heavy atom. The zero-order valence-corrected chi connectivity index (χ0v) is 8.97. The molecule has 0 spiro atoms. The van der Waals surface area contributed by atoms with Crippen molar-refractivity contribution in [1.29, 1.82) is 0 Å². The minimum atomic E-state index is -0.296. The standard InChI is InChI=1S/C10H13N3O2/c1-6(2)9-10(14)13(5-11-9)8-4-7(3)12-15-8/h4-6,9H,1-3H3. The summed E-state index contributed by atoms with van der Waals surface area (Å²) in [6, 6.07) is 1.42. The van der Waals surface area contributed by atoms with Crippen LogP contribution < -0.4 is 4.90 Å². The number of hydrogen-bond acceptors (Lipinski definition) is 4. The van der Waals surface area contributed by atoms with E-state index in [1.165, 1.54) is 11.2 Å². The molecule has 0 saturated carbocycles. The van der Waals surface area contributed by atoms with Crippen LogP contribution in [0.25, 0.3) is 0 Å². The van der Waals surface area contributed by atoms with Gasteiger partial charge in [0.05, 0.1) is 5.69 Å². The van der Waals surface area contributed by atoms with Crippen molar-refractivity contribution in [1.82, 2.24) is 5.16 Å². The summed E-state index contributed by atoms with van der Waals surface area (Å²) in [6.07, 6.45) is 1.51. The summed E-state index contributed by atoms with van der Waals surface area (Å²) in [5.41, 5.74) is 0.749. The van der Waals surface area contributed by atoms with E-state index in [9.17, 15) is 4.79 Å². The van der Waals surface area contributed by atoms with Crippen LogP contribution in [0, 0.1) is 12.8 Å². The van der Waals surface area contributed by atoms with Crippen LogP contribution in [0.5, 0.6) is 0 Å². The van der Waals surface area contributed by atoms with Crippen LogP contribution in [-0.4, -0.2) is 23.4 Å². The number of carbonyl (C=O) groups excluding carboxylic acids is 1. The maximum atomic E-state index is 11.9. The Kier molecular flexibility index (Phi) is 2.30. The molecule has 0 N–H and O–H groups in total. The minimum Gasteiger partial charge on any atom is -0.338 e. The highest BCUT2D eigenvalue weighted by Gasteiger charge is 2.33. The molecule has 1 aliphatic heterocycles. The highest BCUT2D eigenvalue weighted by molar-refractivity contribution is 6.13. The topological polar surface area (TPSA) is 58.7 Å². The van der Waals surface area contributed by atoms with Gasteiger partial charge in [0.1, 0.15) is 12.4 Å². The van der Waals surface area contributed by atoms with Crippen LogP contribution in [0.4, 0.5) is 5.88 Å². The fourth-order valence-electron chi connectivity index (χ4n) is 1.49. The average molecular weight is 207 g/mol. The van der Waals surface area contributed by atoms with E-state index in [2.05, 4.69) is 10.1 Å². The molecular formula is C10H13N3O2. The van der Waals surface area contributed by atoms with E-state index in [0.29, 0.717) is 5.88 Å². The second-order valence-corrected chi connectivity index (χ2v) is 3.97. The van der Waals surface area contributed by atoms with Crippen LogP contribution in [0.2, 0.25) is 0 Å². The first-order chi connectivity index (χ1) is 7.09. The van der Waals surface area contributed by atoms with Gasteiger partial charge in [0.2, 0.25) is 5.88 Å². The Morgan fingerprint density at radius 3 is 2.73 bits per heavy atom. The van der Waals surface area contributed by atoms with E-state index in [1.807, 2.05) is 20.8 Å². The Hall–Kier alpha value is -1.65. The molecule has 1 unspecified atom stereocenters. The number of rotatable bonds is 2. The molecule has 1 aromatic heterocycles. The first-order valence-electron chi connectivity index (χ1n) is 4.89. The SMILES string of the molecule is Cc1cc(N2C=NC(C(C)C)C2=O)on1. The summed E-state index contributed by atoms with van der Waals surface area (Å²) in [5, 5.41) is 3.73. The number of hydrogen-bond donors (Lipinski definition) is 0. The zero-order chi connectivity index (χ0) is 11.0. The molecule has 1 aromatic rings. The van der Waals surface area contributed by atoms with Crippen LogP contribution in [0.3, 0.4) is 0 Å². The smallest absolute Gasteiger partial charge is 0.259 e. The van der Waals surface area contributed by atoms with Gasteiger partial charge in [-0.25, -0.2) is 4.90 Å². The molecule has 2 heterocycles. The first-order valence-corrected chi connectivity index (χ1v) is 4.89. The highest BCUT2D eigenvalue weighted by atomic mass is 16.5. The van der Waals surface area contributed by atoms with Gasteiger partial charge in [-0.2, -0.15) is 0 Å². The fraction of sp³-hybridized carbons (Fsp3) is 0.500. The van der Waals surface area contributed by atoms with Crippen molar-refractivity contribution in [2.45, 2.75) is 26.8 Å². The van der Waals surface area contributed by atoms with Gasteiger partial charge in [-0.1, -0.05) is 19.0 Å². The summed E-state index contributed by atoms with van der Waals surface area (Å²) in [6.45, 7) is 5.74. The van der Waals surface area contributed by atoms with E-state index in [-0.39, 0.29) is 17.9 Å². The minimum absolute atomic E-state index is 0.0545. The van der Waals surface area contributed by atoms with Gasteiger partial charge in [0.15, 0.2) is 0 Å². The number of aryl methyl sites for hydroxylation is 1. The van der Waals surface area contributed by atoms with Crippen molar-refractivity contribution < 1.29 is 9.32 Å². The van der Waals surface area contributed by atoms with Crippen LogP contribution in [-0.2, 0) is 4.79 Å². The lowest BCUT2D eigenvalue weighted by atomic mass is 10.1. The summed E-state index contributed by atoms with van der Waals surface area (Å²) in [5.74, 6) is 0.577. The second kappa shape index (κ2) is 3.49. The van der Waals surface area contributed by atoms with Crippen molar-refractivity contribution in [3.63, 3.8) is 0 Å². The fourth-order valence-corrected chi connectivity index (χ4v) is 1.49. The number of aromatic nitrogens is 1. The van der Waals surface area contributed by atoms with Crippen molar-refractivity contribution in [3.05, 3.63) is 11.8 Å². The van der Waals surface area contributed by atoms with Gasteiger partial charge in [-0.3, -0.25) is 9.79 Å². The van der Waals surface area contributed by atoms with Crippen molar-refractivity contribution in [2.75, 3.05) is 4.90 Å². The van der Waals surface area contributed by atoms with Crippen LogP contribution in [0.1, 0.15) is 19.5 Å². The lowest BCUT2D eigenvalue weighted by molar-refractivity contribution is -0.119. The average Bonchev–Trinajstić information content (AvgIpc) is 2.71. The maximum Gasteiger partial charge on any atom is 0.259 e. The molecule has 5 nitrogen and oxygen atoms in total. The number of aliphatic imine (C=N–C) groups is 1. The van der Waals surface area contributed by atoms with Crippen molar-refractivity contribution in [2.24, 2.45) is 10.9 Å². The predicted octanol–water partition coefficient (Wildman–Crippen LogP) is 1.38. The Morgan fingerprint density at radius 1 is 1.53 bits per heavy atom. The molecule has 0 saturated heterocycles. The molecule has 2 rings (SSSR count). The van der Waals surface area contributed by atoms with Gasteiger partial charge in [0, 0.05) is 6.07 Å². The summed E-state index contributed by atoms with van der Waals surface area (Å²) in [7, 11) is 0. The van der Waals surface area contributed by atoms with Crippen molar-refractivity contribution in [3.8, 4) is 0 Å². The molecular weight excluding hydrogens is 194 g/mol. The summed E-state index contributed by atoms with van der Waals surface area (Å²) >= 11 is 0. The highest BCUT2D eigenvalue weighted by Crippen LogP contribution is 2.22. The Balaban J connectivity index is 2.21. The lowest BCUT2D eigenvalue weighted by Gasteiger charge is -2.12. The number of anilines is 1. The number of amides is 1. The maximum absolute atomic E-state index is 11.9. The zero-order valence-electron chi connectivity index (χ0n) is 8.97. The second-order valence-electron chi connectivity index (χ2n) is 3.97. The molecule has 0 fully saturated rings. The monoisotopic (exact) mass is 207 g/mol. The third-order valence-electron chi connectivity index (χ3n) is 2.32. The first kappa shape index (κ1) is 9.89. The molecule has 15 heavy (non-hydrogen) atoms. The van der Waals surface area contributed by atoms with E-state index in [0.717, 1.165) is 5.69 Å². The molecule has 1 atom stereocenters. The Bertz CT molecular complexity index is 409. The van der Waals surface area contributed by atoms with Crippen LogP contribution in [0.15, 0.2) is 15.6 Å². The number of carbonyl (C=O) groups is 1. The summed E-state index contributed by atoms with van der Waals surface area (Å²) in [4.78, 5) is 17.4. The number of nitrogens with zero attached hydrogens (tertiary/aromatic N) is 3. The Labute approximate surface area is 87.8 Å². The van der Waals surface area contributed by atoms with Gasteiger partial charge < -0.3 is 4.52 Å². The molecule has 1 aliphatic rings. The van der Waals surface area contributed by atoms with Crippen LogP contribution >= 0.6 is 0 Å². The molecule has 80 valence electrons.